The van der Waals surface area contributed by atoms with Gasteiger partial charge in [-0.05, 0) is 12.1 Å². The second-order valence-electron chi connectivity index (χ2n) is 3.09. The minimum atomic E-state index is -0.257. The minimum absolute atomic E-state index is 0.257. The number of benzene rings is 1. The van der Waals surface area contributed by atoms with Crippen LogP contribution in [0, 0.1) is 0 Å². The number of carbonyl (C=O) groups excluding carboxylic acids is 1. The number of nitrogens with zero attached hydrogens (tertiary/aromatic N) is 1. The Bertz CT molecular complexity index is 480. The van der Waals surface area contributed by atoms with E-state index in [0.29, 0.717) is 17.3 Å². The van der Waals surface area contributed by atoms with Gasteiger partial charge in [0.1, 0.15) is 5.75 Å². The average Bonchev–Trinajstić information content (AvgIpc) is 2.81. The van der Waals surface area contributed by atoms with Gasteiger partial charge in [-0.3, -0.25) is 10.1 Å². The molecule has 2 rings (SSSR count). The van der Waals surface area contributed by atoms with E-state index in [4.69, 9.17) is 4.74 Å². The fourth-order valence-electron chi connectivity index (χ4n) is 1.34. The van der Waals surface area contributed by atoms with Crippen molar-refractivity contribution in [3.63, 3.8) is 0 Å². The Morgan fingerprint density at radius 3 is 2.94 bits per heavy atom. The van der Waals surface area contributed by atoms with Crippen LogP contribution in [0.2, 0.25) is 0 Å². The summed E-state index contributed by atoms with van der Waals surface area (Å²) in [6.07, 6.45) is 3.20. The summed E-state index contributed by atoms with van der Waals surface area (Å²) in [5.74, 6) is 0.690. The number of rotatable bonds is 3. The van der Waals surface area contributed by atoms with Crippen LogP contribution in [0.25, 0.3) is 0 Å². The molecule has 5 heteroatoms. The number of H-pyrrole nitrogens is 1. The number of imidazole rings is 1. The van der Waals surface area contributed by atoms with Gasteiger partial charge in [0.15, 0.2) is 0 Å². The van der Waals surface area contributed by atoms with Crippen LogP contribution in [-0.4, -0.2) is 23.0 Å². The Kier molecular flexibility index (Phi) is 2.86. The van der Waals surface area contributed by atoms with Crippen molar-refractivity contribution in [2.24, 2.45) is 0 Å². The average molecular weight is 217 g/mol. The Morgan fingerprint density at radius 2 is 2.25 bits per heavy atom. The van der Waals surface area contributed by atoms with Gasteiger partial charge in [-0.15, -0.1) is 0 Å². The lowest BCUT2D eigenvalue weighted by molar-refractivity contribution is 0.102. The van der Waals surface area contributed by atoms with E-state index in [2.05, 4.69) is 15.3 Å². The largest absolute Gasteiger partial charge is 0.496 e. The molecule has 2 aromatic rings. The molecule has 0 fully saturated rings. The molecule has 5 nitrogen and oxygen atoms in total. The first kappa shape index (κ1) is 10.2. The van der Waals surface area contributed by atoms with Gasteiger partial charge in [0.05, 0.1) is 12.7 Å². The van der Waals surface area contributed by atoms with E-state index in [1.54, 1.807) is 30.6 Å². The number of methoxy groups -OCH3 is 1. The Labute approximate surface area is 92.5 Å². The number of hydrogen-bond donors (Lipinski definition) is 2. The Balaban J connectivity index is 2.21. The summed E-state index contributed by atoms with van der Waals surface area (Å²) < 4.78 is 5.09. The molecular weight excluding hydrogens is 206 g/mol. The minimum Gasteiger partial charge on any atom is -0.496 e. The number of anilines is 1. The Morgan fingerprint density at radius 1 is 1.44 bits per heavy atom. The van der Waals surface area contributed by atoms with Crippen LogP contribution in [0.3, 0.4) is 0 Å². The molecule has 0 saturated carbocycles. The van der Waals surface area contributed by atoms with Crippen molar-refractivity contribution in [3.8, 4) is 5.75 Å². The second-order valence-corrected chi connectivity index (χ2v) is 3.09. The van der Waals surface area contributed by atoms with Gasteiger partial charge < -0.3 is 9.72 Å². The van der Waals surface area contributed by atoms with Crippen LogP contribution in [0.15, 0.2) is 36.7 Å². The molecule has 0 aliphatic carbocycles. The monoisotopic (exact) mass is 217 g/mol. The summed E-state index contributed by atoms with van der Waals surface area (Å²) in [5, 5.41) is 2.63. The molecule has 1 aromatic heterocycles. The number of nitrogens with one attached hydrogen (secondary N) is 2. The summed E-state index contributed by atoms with van der Waals surface area (Å²) >= 11 is 0. The number of ether oxygens (including phenoxy) is 1. The van der Waals surface area contributed by atoms with Gasteiger partial charge in [0.2, 0.25) is 5.95 Å². The van der Waals surface area contributed by atoms with Crippen LogP contribution in [0.1, 0.15) is 10.4 Å². The molecule has 1 aromatic carbocycles. The highest BCUT2D eigenvalue weighted by atomic mass is 16.5. The number of aromatic amines is 1. The summed E-state index contributed by atoms with van der Waals surface area (Å²) in [6.45, 7) is 0. The van der Waals surface area contributed by atoms with Gasteiger partial charge in [-0.2, -0.15) is 0 Å². The fraction of sp³-hybridized carbons (Fsp3) is 0.0909. The smallest absolute Gasteiger partial charge is 0.261 e. The number of aromatic nitrogens is 2. The molecule has 0 saturated heterocycles. The lowest BCUT2D eigenvalue weighted by atomic mass is 10.2. The topological polar surface area (TPSA) is 67.0 Å². The van der Waals surface area contributed by atoms with Crippen molar-refractivity contribution < 1.29 is 9.53 Å². The normalized spacial score (nSPS) is 9.81. The van der Waals surface area contributed by atoms with E-state index in [-0.39, 0.29) is 5.91 Å². The third-order valence-electron chi connectivity index (χ3n) is 2.08. The molecule has 0 unspecified atom stereocenters. The Hall–Kier alpha value is -2.30. The predicted octanol–water partition coefficient (Wildman–Crippen LogP) is 1.67. The summed E-state index contributed by atoms with van der Waals surface area (Å²) in [4.78, 5) is 18.5. The zero-order valence-electron chi connectivity index (χ0n) is 8.73. The number of carbonyl (C=O) groups is 1. The first-order chi connectivity index (χ1) is 7.81. The van der Waals surface area contributed by atoms with Gasteiger partial charge in [0, 0.05) is 12.4 Å². The molecule has 0 aliphatic rings. The molecule has 16 heavy (non-hydrogen) atoms. The predicted molar refractivity (Wildman–Crippen MR) is 59.5 cm³/mol. The van der Waals surface area contributed by atoms with E-state index in [1.165, 1.54) is 7.11 Å². The molecule has 1 amide bonds. The highest BCUT2D eigenvalue weighted by Crippen LogP contribution is 2.17. The number of hydrogen-bond acceptors (Lipinski definition) is 3. The van der Waals surface area contributed by atoms with Gasteiger partial charge in [-0.1, -0.05) is 12.1 Å². The second kappa shape index (κ2) is 4.48. The summed E-state index contributed by atoms with van der Waals surface area (Å²) in [7, 11) is 1.53. The van der Waals surface area contributed by atoms with E-state index in [0.717, 1.165) is 0 Å². The molecule has 0 aliphatic heterocycles. The number of amides is 1. The first-order valence-corrected chi connectivity index (χ1v) is 4.75. The fourth-order valence-corrected chi connectivity index (χ4v) is 1.34. The molecule has 0 radical (unpaired) electrons. The van der Waals surface area contributed by atoms with Gasteiger partial charge >= 0.3 is 0 Å². The van der Waals surface area contributed by atoms with Crippen molar-refractivity contribution in [3.05, 3.63) is 42.2 Å². The van der Waals surface area contributed by atoms with Crippen molar-refractivity contribution in [2.45, 2.75) is 0 Å². The molecule has 2 N–H and O–H groups in total. The third-order valence-corrected chi connectivity index (χ3v) is 2.08. The first-order valence-electron chi connectivity index (χ1n) is 4.75. The quantitative estimate of drug-likeness (QED) is 0.821. The number of para-hydroxylation sites is 1. The van der Waals surface area contributed by atoms with E-state index < -0.39 is 0 Å². The van der Waals surface area contributed by atoms with Crippen molar-refractivity contribution >= 4 is 11.9 Å². The molecular formula is C11H11N3O2. The summed E-state index contributed by atoms with van der Waals surface area (Å²) in [5.41, 5.74) is 0.474. The third kappa shape index (κ3) is 2.03. The highest BCUT2D eigenvalue weighted by Gasteiger charge is 2.11. The highest BCUT2D eigenvalue weighted by molar-refractivity contribution is 6.05. The van der Waals surface area contributed by atoms with E-state index in [1.807, 2.05) is 6.07 Å². The van der Waals surface area contributed by atoms with Gasteiger partial charge in [0.25, 0.3) is 5.91 Å². The van der Waals surface area contributed by atoms with Crippen molar-refractivity contribution in [2.75, 3.05) is 12.4 Å². The van der Waals surface area contributed by atoms with Crippen LogP contribution in [0.4, 0.5) is 5.95 Å². The lowest BCUT2D eigenvalue weighted by Crippen LogP contribution is -2.13. The molecule has 1 heterocycles. The molecule has 0 spiro atoms. The van der Waals surface area contributed by atoms with E-state index in [9.17, 15) is 4.79 Å². The standard InChI is InChI=1S/C11H11N3O2/c1-16-9-5-3-2-4-8(9)10(15)14-11-12-6-7-13-11/h2-7H,1H3,(H2,12,13,14,15). The molecule has 82 valence electrons. The molecule has 0 atom stereocenters. The van der Waals surface area contributed by atoms with E-state index >= 15 is 0 Å². The van der Waals surface area contributed by atoms with Crippen LogP contribution >= 0.6 is 0 Å². The van der Waals surface area contributed by atoms with Crippen LogP contribution in [-0.2, 0) is 0 Å². The van der Waals surface area contributed by atoms with Gasteiger partial charge in [-0.25, -0.2) is 4.98 Å². The van der Waals surface area contributed by atoms with Crippen LogP contribution in [0.5, 0.6) is 5.75 Å². The maximum atomic E-state index is 11.8. The zero-order valence-corrected chi connectivity index (χ0v) is 8.73. The van der Waals surface area contributed by atoms with Crippen molar-refractivity contribution in [1.29, 1.82) is 0 Å². The van der Waals surface area contributed by atoms with Crippen LogP contribution < -0.4 is 10.1 Å². The lowest BCUT2D eigenvalue weighted by Gasteiger charge is -2.06. The maximum Gasteiger partial charge on any atom is 0.261 e. The zero-order chi connectivity index (χ0) is 11.4. The SMILES string of the molecule is COc1ccccc1C(=O)Nc1ncc[nH]1. The van der Waals surface area contributed by atoms with Crippen molar-refractivity contribution in [1.82, 2.24) is 9.97 Å². The summed E-state index contributed by atoms with van der Waals surface area (Å²) in [6, 6.07) is 7.01. The maximum absolute atomic E-state index is 11.8. The molecule has 0 bridgehead atoms.